The first-order chi connectivity index (χ1) is 20.7. The highest BCUT2D eigenvalue weighted by molar-refractivity contribution is 6.28. The SMILES string of the molecule is O=C(O)C[C@@H](C1=C(O)C(=C(O)C=Cc2ccc(O)cc2)C(=O)[C@](O)([C@@H]2O[C@H](CO)[C@@H](O)[C@H](O)[C@H]2O)C1=O)c1ccc(O)cc1. The van der Waals surface area contributed by atoms with Gasteiger partial charge in [0.25, 0.3) is 0 Å². The standard InChI is InChI=1S/C30H30O14/c31-12-19-23(37)25(39)26(40)29(44-19)30(43)27(41)21(17(11-20(35)36)14-4-8-16(33)9-5-14)24(38)22(28(30)42)18(34)10-3-13-1-6-15(32)7-2-13/h1-10,17,19,23,25-26,29,31-34,37-40,43H,11-12H2,(H,35,36)/t17-,19-,23-,25+,26-,29-,30+/m1/s1. The number of carbonyl (C=O) groups is 3. The van der Waals surface area contributed by atoms with Crippen molar-refractivity contribution in [3.63, 3.8) is 0 Å². The third-order valence-electron chi connectivity index (χ3n) is 7.57. The minimum atomic E-state index is -3.54. The van der Waals surface area contributed by atoms with Gasteiger partial charge in [-0.25, -0.2) is 0 Å². The number of aromatic hydroxyl groups is 2. The van der Waals surface area contributed by atoms with Crippen LogP contribution in [0.1, 0.15) is 23.5 Å². The number of carbonyl (C=O) groups excluding carboxylic acids is 2. The van der Waals surface area contributed by atoms with E-state index < -0.39 is 95.3 Å². The lowest BCUT2D eigenvalue weighted by Gasteiger charge is -2.47. The molecular weight excluding hydrogens is 584 g/mol. The Balaban J connectivity index is 1.98. The van der Waals surface area contributed by atoms with E-state index in [1.807, 2.05) is 0 Å². The summed E-state index contributed by atoms with van der Waals surface area (Å²) in [5.41, 5.74) is -5.11. The number of aliphatic hydroxyl groups excluding tert-OH is 6. The number of ether oxygens (including phenoxy) is 1. The summed E-state index contributed by atoms with van der Waals surface area (Å²) in [7, 11) is 0. The van der Waals surface area contributed by atoms with Gasteiger partial charge in [0.05, 0.1) is 13.0 Å². The van der Waals surface area contributed by atoms with E-state index in [9.17, 15) is 65.4 Å². The maximum absolute atomic E-state index is 14.1. The van der Waals surface area contributed by atoms with E-state index in [0.717, 1.165) is 18.2 Å². The lowest BCUT2D eigenvalue weighted by atomic mass is 9.67. The summed E-state index contributed by atoms with van der Waals surface area (Å²) in [5, 5.41) is 104. The van der Waals surface area contributed by atoms with E-state index in [2.05, 4.69) is 0 Å². The number of ketones is 2. The molecule has 0 saturated carbocycles. The fourth-order valence-corrected chi connectivity index (χ4v) is 5.23. The highest BCUT2D eigenvalue weighted by atomic mass is 16.6. The second kappa shape index (κ2) is 12.6. The Labute approximate surface area is 249 Å². The van der Waals surface area contributed by atoms with Crippen molar-refractivity contribution >= 4 is 23.6 Å². The molecule has 2 aromatic carbocycles. The zero-order valence-corrected chi connectivity index (χ0v) is 22.8. The number of phenolic OH excluding ortho intramolecular Hbond substituents is 2. The summed E-state index contributed by atoms with van der Waals surface area (Å²) in [4.78, 5) is 39.8. The molecule has 4 rings (SSSR count). The molecule has 0 unspecified atom stereocenters. The van der Waals surface area contributed by atoms with Crippen LogP contribution >= 0.6 is 0 Å². The van der Waals surface area contributed by atoms with Crippen molar-refractivity contribution in [2.75, 3.05) is 6.61 Å². The Morgan fingerprint density at radius 3 is 1.98 bits per heavy atom. The smallest absolute Gasteiger partial charge is 0.304 e. The van der Waals surface area contributed by atoms with E-state index in [1.165, 1.54) is 42.5 Å². The molecule has 0 amide bonds. The van der Waals surface area contributed by atoms with Crippen LogP contribution in [0.4, 0.5) is 0 Å². The monoisotopic (exact) mass is 614 g/mol. The Morgan fingerprint density at radius 2 is 1.43 bits per heavy atom. The molecule has 14 heteroatoms. The van der Waals surface area contributed by atoms with Crippen molar-refractivity contribution < 1.29 is 70.2 Å². The Hall–Kier alpha value is -4.57. The maximum atomic E-state index is 14.1. The van der Waals surface area contributed by atoms with Crippen LogP contribution < -0.4 is 0 Å². The molecule has 1 aliphatic carbocycles. The van der Waals surface area contributed by atoms with Crippen LogP contribution in [0.25, 0.3) is 6.08 Å². The molecule has 2 aromatic rings. The molecule has 0 bridgehead atoms. The number of carboxylic acid groups (broad SMARTS) is 1. The van der Waals surface area contributed by atoms with E-state index in [-0.39, 0.29) is 17.1 Å². The zero-order chi connectivity index (χ0) is 32.5. The van der Waals surface area contributed by atoms with Gasteiger partial charge in [-0.15, -0.1) is 0 Å². The number of allylic oxidation sites excluding steroid dienone is 2. The fourth-order valence-electron chi connectivity index (χ4n) is 5.23. The summed E-state index contributed by atoms with van der Waals surface area (Å²) in [6.45, 7) is -0.994. The number of aliphatic carboxylic acids is 1. The van der Waals surface area contributed by atoms with Gasteiger partial charge in [0.15, 0.2) is 0 Å². The maximum Gasteiger partial charge on any atom is 0.304 e. The number of hydrogen-bond donors (Lipinski definition) is 10. The van der Waals surface area contributed by atoms with Crippen LogP contribution in [0.2, 0.25) is 0 Å². The van der Waals surface area contributed by atoms with Gasteiger partial charge in [-0.05, 0) is 41.5 Å². The number of benzene rings is 2. The normalized spacial score (nSPS) is 29.6. The quantitative estimate of drug-likeness (QED) is 0.104. The minimum absolute atomic E-state index is 0.0177. The highest BCUT2D eigenvalue weighted by Gasteiger charge is 2.64. The lowest BCUT2D eigenvalue weighted by molar-refractivity contribution is -0.260. The summed E-state index contributed by atoms with van der Waals surface area (Å²) in [6, 6.07) is 10.2. The fraction of sp³-hybridized carbons (Fsp3) is 0.300. The van der Waals surface area contributed by atoms with Gasteiger partial charge in [-0.3, -0.25) is 14.4 Å². The summed E-state index contributed by atoms with van der Waals surface area (Å²) >= 11 is 0. The summed E-state index contributed by atoms with van der Waals surface area (Å²) in [5.74, 6) is -9.00. The van der Waals surface area contributed by atoms with Crippen LogP contribution in [0.3, 0.4) is 0 Å². The van der Waals surface area contributed by atoms with Crippen molar-refractivity contribution in [1.29, 1.82) is 0 Å². The average Bonchev–Trinajstić information content (AvgIpc) is 2.98. The molecule has 1 fully saturated rings. The van der Waals surface area contributed by atoms with Crippen molar-refractivity contribution in [3.8, 4) is 11.5 Å². The van der Waals surface area contributed by atoms with Gasteiger partial charge in [0.2, 0.25) is 17.2 Å². The number of Topliss-reactive ketones (excluding diaryl/α,β-unsaturated/α-hetero) is 2. The van der Waals surface area contributed by atoms with Crippen LogP contribution in [-0.4, -0.2) is 111 Å². The van der Waals surface area contributed by atoms with Gasteiger partial charge in [-0.1, -0.05) is 30.3 Å². The largest absolute Gasteiger partial charge is 0.508 e. The minimum Gasteiger partial charge on any atom is -0.508 e. The van der Waals surface area contributed by atoms with E-state index in [0.29, 0.717) is 5.56 Å². The molecule has 10 N–H and O–H groups in total. The Bertz CT molecular complexity index is 1520. The molecule has 1 saturated heterocycles. The molecule has 0 radical (unpaired) electrons. The molecule has 0 aromatic heterocycles. The summed E-state index contributed by atoms with van der Waals surface area (Å²) < 4.78 is 5.35. The first kappa shape index (κ1) is 32.3. The highest BCUT2D eigenvalue weighted by Crippen LogP contribution is 2.44. The molecule has 44 heavy (non-hydrogen) atoms. The van der Waals surface area contributed by atoms with E-state index in [4.69, 9.17) is 4.74 Å². The lowest BCUT2D eigenvalue weighted by Crippen LogP contribution is -2.71. The molecule has 0 spiro atoms. The van der Waals surface area contributed by atoms with Gasteiger partial charge in [0, 0.05) is 11.5 Å². The van der Waals surface area contributed by atoms with Crippen molar-refractivity contribution in [1.82, 2.24) is 0 Å². The van der Waals surface area contributed by atoms with Crippen molar-refractivity contribution in [2.24, 2.45) is 0 Å². The zero-order valence-electron chi connectivity index (χ0n) is 22.8. The summed E-state index contributed by atoms with van der Waals surface area (Å²) in [6.07, 6.45) is -9.28. The van der Waals surface area contributed by atoms with Crippen LogP contribution in [0.5, 0.6) is 11.5 Å². The molecule has 1 heterocycles. The average molecular weight is 615 g/mol. The predicted octanol–water partition coefficient (Wildman–Crippen LogP) is -0.281. The predicted molar refractivity (Wildman–Crippen MR) is 148 cm³/mol. The Kier molecular flexibility index (Phi) is 9.25. The van der Waals surface area contributed by atoms with Crippen LogP contribution in [0, 0.1) is 0 Å². The van der Waals surface area contributed by atoms with Gasteiger partial charge >= 0.3 is 5.97 Å². The number of aliphatic hydroxyl groups is 7. The van der Waals surface area contributed by atoms with Crippen molar-refractivity contribution in [3.05, 3.63) is 88.4 Å². The molecule has 14 nitrogen and oxygen atoms in total. The molecule has 2 aliphatic rings. The Morgan fingerprint density at radius 1 is 0.864 bits per heavy atom. The number of hydrogen-bond acceptors (Lipinski definition) is 13. The second-order valence-electron chi connectivity index (χ2n) is 10.4. The number of carboxylic acids is 1. The molecule has 1 aliphatic heterocycles. The topological polar surface area (TPSA) is 263 Å². The third kappa shape index (κ3) is 5.81. The van der Waals surface area contributed by atoms with Crippen LogP contribution in [-0.2, 0) is 19.1 Å². The van der Waals surface area contributed by atoms with E-state index >= 15 is 0 Å². The molecule has 234 valence electrons. The first-order valence-electron chi connectivity index (χ1n) is 13.2. The second-order valence-corrected chi connectivity index (χ2v) is 10.4. The van der Waals surface area contributed by atoms with Crippen molar-refractivity contribution in [2.45, 2.75) is 48.5 Å². The van der Waals surface area contributed by atoms with E-state index in [1.54, 1.807) is 0 Å². The number of phenols is 2. The van der Waals surface area contributed by atoms with Crippen LogP contribution in [0.15, 0.2) is 77.3 Å². The van der Waals surface area contributed by atoms with Gasteiger partial charge in [-0.2, -0.15) is 0 Å². The molecule has 7 atom stereocenters. The molecular formula is C30H30O14. The van der Waals surface area contributed by atoms with Gasteiger partial charge < -0.3 is 55.8 Å². The van der Waals surface area contributed by atoms with Gasteiger partial charge in [0.1, 0.15) is 59.1 Å². The number of rotatable bonds is 8. The third-order valence-corrected chi connectivity index (χ3v) is 7.57. The first-order valence-corrected chi connectivity index (χ1v) is 13.2.